The molecule has 2 heterocycles. The van der Waals surface area contributed by atoms with Crippen LogP contribution < -0.4 is 5.56 Å². The molecule has 0 atom stereocenters. The van der Waals surface area contributed by atoms with Gasteiger partial charge in [-0.3, -0.25) is 9.20 Å². The highest BCUT2D eigenvalue weighted by atomic mass is 16.5. The number of carbonyl (C=O) groups excluding carboxylic acids is 1. The number of aryl methyl sites for hydroxylation is 2. The van der Waals surface area contributed by atoms with Crippen LogP contribution >= 0.6 is 0 Å². The SMILES string of the molecule is COC(=O)c1cc(=O)nc2oc(C)c(C)n12. The Bertz CT molecular complexity index is 624. The first-order valence-corrected chi connectivity index (χ1v) is 4.62. The average Bonchev–Trinajstić information content (AvgIpc) is 2.52. The highest BCUT2D eigenvalue weighted by Gasteiger charge is 2.17. The number of carbonyl (C=O) groups is 1. The maximum atomic E-state index is 11.5. The van der Waals surface area contributed by atoms with Crippen LogP contribution in [0.25, 0.3) is 5.84 Å². The minimum absolute atomic E-state index is 0.0999. The van der Waals surface area contributed by atoms with Gasteiger partial charge in [-0.15, -0.1) is 0 Å². The molecule has 0 saturated carbocycles. The fourth-order valence-electron chi connectivity index (χ4n) is 1.48. The Labute approximate surface area is 90.5 Å². The number of esters is 1. The summed E-state index contributed by atoms with van der Waals surface area (Å²) in [7, 11) is 1.25. The van der Waals surface area contributed by atoms with Crippen molar-refractivity contribution in [3.63, 3.8) is 0 Å². The molecule has 6 nitrogen and oxygen atoms in total. The van der Waals surface area contributed by atoms with E-state index >= 15 is 0 Å². The fraction of sp³-hybridized carbons (Fsp3) is 0.300. The predicted octanol–water partition coefficient (Wildman–Crippen LogP) is 0.691. The van der Waals surface area contributed by atoms with E-state index in [1.807, 2.05) is 0 Å². The Balaban J connectivity index is 2.90. The quantitative estimate of drug-likeness (QED) is 0.663. The van der Waals surface area contributed by atoms with Gasteiger partial charge >= 0.3 is 11.8 Å². The van der Waals surface area contributed by atoms with E-state index < -0.39 is 11.5 Å². The van der Waals surface area contributed by atoms with Crippen molar-refractivity contribution in [2.75, 3.05) is 7.11 Å². The average molecular weight is 222 g/mol. The molecular formula is C10H10N2O4. The largest absolute Gasteiger partial charge is 0.464 e. The Kier molecular flexibility index (Phi) is 2.26. The third-order valence-corrected chi connectivity index (χ3v) is 2.38. The maximum absolute atomic E-state index is 11.5. The second kappa shape index (κ2) is 3.48. The zero-order chi connectivity index (χ0) is 11.9. The molecule has 0 N–H and O–H groups in total. The number of aromatic nitrogens is 2. The summed E-state index contributed by atoms with van der Waals surface area (Å²) >= 11 is 0. The summed E-state index contributed by atoms with van der Waals surface area (Å²) in [6, 6.07) is 1.13. The molecule has 2 rings (SSSR count). The van der Waals surface area contributed by atoms with Crippen LogP contribution in [0.1, 0.15) is 21.9 Å². The van der Waals surface area contributed by atoms with Gasteiger partial charge in [0.1, 0.15) is 11.5 Å². The summed E-state index contributed by atoms with van der Waals surface area (Å²) in [5.41, 5.74) is 0.295. The highest BCUT2D eigenvalue weighted by molar-refractivity contribution is 5.88. The molecule has 0 bridgehead atoms. The Morgan fingerprint density at radius 3 is 2.81 bits per heavy atom. The first kappa shape index (κ1) is 10.4. The van der Waals surface area contributed by atoms with Gasteiger partial charge in [0, 0.05) is 6.07 Å². The van der Waals surface area contributed by atoms with Crippen LogP contribution in [-0.4, -0.2) is 22.5 Å². The van der Waals surface area contributed by atoms with Crippen molar-refractivity contribution in [2.24, 2.45) is 0 Å². The van der Waals surface area contributed by atoms with Gasteiger partial charge in [-0.25, -0.2) is 4.79 Å². The van der Waals surface area contributed by atoms with Crippen LogP contribution in [0, 0.1) is 13.8 Å². The standard InChI is InChI=1S/C10H10N2O4/c1-5-6(2)16-10-11-8(13)4-7(12(5)10)9(14)15-3/h4H,1-3H3. The lowest BCUT2D eigenvalue weighted by molar-refractivity contribution is 0.0591. The third-order valence-electron chi connectivity index (χ3n) is 2.38. The number of hydrogen-bond acceptors (Lipinski definition) is 5. The van der Waals surface area contributed by atoms with Gasteiger partial charge in [0.2, 0.25) is 0 Å². The number of hydrogen-bond donors (Lipinski definition) is 0. The molecule has 0 saturated heterocycles. The minimum atomic E-state index is -0.599. The topological polar surface area (TPSA) is 73.8 Å². The van der Waals surface area contributed by atoms with E-state index in [9.17, 15) is 9.59 Å². The fourth-order valence-corrected chi connectivity index (χ4v) is 1.48. The van der Waals surface area contributed by atoms with Crippen LogP contribution in [-0.2, 0) is 4.74 Å². The zero-order valence-electron chi connectivity index (χ0n) is 9.10. The van der Waals surface area contributed by atoms with E-state index in [4.69, 9.17) is 4.42 Å². The van der Waals surface area contributed by atoms with E-state index in [0.717, 1.165) is 6.07 Å². The van der Waals surface area contributed by atoms with Crippen molar-refractivity contribution < 1.29 is 13.9 Å². The van der Waals surface area contributed by atoms with E-state index in [1.54, 1.807) is 13.8 Å². The summed E-state index contributed by atoms with van der Waals surface area (Å²) in [5, 5.41) is 0. The molecule has 0 unspecified atom stereocenters. The van der Waals surface area contributed by atoms with Crippen molar-refractivity contribution in [1.82, 2.24) is 9.38 Å². The molecule has 16 heavy (non-hydrogen) atoms. The molecule has 0 aliphatic rings. The summed E-state index contributed by atoms with van der Waals surface area (Å²) in [6.45, 7) is 3.50. The summed E-state index contributed by atoms with van der Waals surface area (Å²) in [6.07, 6.45) is 0. The first-order chi connectivity index (χ1) is 7.54. The molecule has 0 aromatic carbocycles. The van der Waals surface area contributed by atoms with Crippen LogP contribution in [0.15, 0.2) is 15.3 Å². The van der Waals surface area contributed by atoms with Gasteiger partial charge in [-0.2, -0.15) is 4.98 Å². The van der Waals surface area contributed by atoms with E-state index in [-0.39, 0.29) is 11.5 Å². The molecule has 0 amide bonds. The third kappa shape index (κ3) is 1.39. The van der Waals surface area contributed by atoms with Gasteiger partial charge in [0.05, 0.1) is 12.8 Å². The lowest BCUT2D eigenvalue weighted by atomic mass is 10.3. The van der Waals surface area contributed by atoms with Crippen LogP contribution in [0.5, 0.6) is 0 Å². The van der Waals surface area contributed by atoms with Crippen molar-refractivity contribution in [3.8, 4) is 0 Å². The number of ether oxygens (including phenoxy) is 1. The summed E-state index contributed by atoms with van der Waals surface area (Å²) < 4.78 is 11.3. The summed E-state index contributed by atoms with van der Waals surface area (Å²) in [5.74, 6) is 0.101. The molecule has 0 fully saturated rings. The number of oxazole rings is 1. The Morgan fingerprint density at radius 2 is 2.19 bits per heavy atom. The molecule has 0 spiro atoms. The van der Waals surface area contributed by atoms with Gasteiger partial charge in [-0.1, -0.05) is 0 Å². The number of fused-ring (bicyclic) bond motifs is 1. The number of nitrogens with zero attached hydrogens (tertiary/aromatic N) is 2. The Morgan fingerprint density at radius 1 is 1.50 bits per heavy atom. The lowest BCUT2D eigenvalue weighted by Gasteiger charge is -2.02. The zero-order valence-corrected chi connectivity index (χ0v) is 9.10. The molecule has 0 aliphatic carbocycles. The van der Waals surface area contributed by atoms with Gasteiger partial charge in [-0.05, 0) is 13.8 Å². The van der Waals surface area contributed by atoms with Gasteiger partial charge in [0.25, 0.3) is 5.56 Å². The van der Waals surface area contributed by atoms with Crippen LogP contribution in [0.2, 0.25) is 0 Å². The Hall–Kier alpha value is -2.11. The minimum Gasteiger partial charge on any atom is -0.464 e. The van der Waals surface area contributed by atoms with Gasteiger partial charge in [0.15, 0.2) is 0 Å². The van der Waals surface area contributed by atoms with E-state index in [0.29, 0.717) is 11.5 Å². The second-order valence-electron chi connectivity index (χ2n) is 3.33. The van der Waals surface area contributed by atoms with Crippen molar-refractivity contribution in [3.05, 3.63) is 33.6 Å². The van der Waals surface area contributed by atoms with Crippen LogP contribution in [0.3, 0.4) is 0 Å². The molecule has 6 heteroatoms. The van der Waals surface area contributed by atoms with E-state index in [1.165, 1.54) is 11.5 Å². The van der Waals surface area contributed by atoms with Crippen LogP contribution in [0.4, 0.5) is 0 Å². The van der Waals surface area contributed by atoms with Crippen molar-refractivity contribution >= 4 is 11.8 Å². The van der Waals surface area contributed by atoms with E-state index in [2.05, 4.69) is 9.72 Å². The lowest BCUT2D eigenvalue weighted by Crippen LogP contribution is -2.16. The number of methoxy groups -OCH3 is 1. The molecule has 0 aliphatic heterocycles. The highest BCUT2D eigenvalue weighted by Crippen LogP contribution is 2.14. The molecule has 0 radical (unpaired) electrons. The summed E-state index contributed by atoms with van der Waals surface area (Å²) in [4.78, 5) is 26.4. The monoisotopic (exact) mass is 222 g/mol. The molecule has 2 aromatic heterocycles. The predicted molar refractivity (Wildman–Crippen MR) is 54.5 cm³/mol. The van der Waals surface area contributed by atoms with Gasteiger partial charge < -0.3 is 9.15 Å². The van der Waals surface area contributed by atoms with Crippen molar-refractivity contribution in [1.29, 1.82) is 0 Å². The molecule has 84 valence electrons. The molecule has 2 aromatic rings. The second-order valence-corrected chi connectivity index (χ2v) is 3.33. The molecular weight excluding hydrogens is 212 g/mol. The smallest absolute Gasteiger partial charge is 0.355 e. The maximum Gasteiger partial charge on any atom is 0.355 e. The normalized spacial score (nSPS) is 10.7. The van der Waals surface area contributed by atoms with Crippen molar-refractivity contribution in [2.45, 2.75) is 13.8 Å². The first-order valence-electron chi connectivity index (χ1n) is 4.62. The number of rotatable bonds is 1.